The summed E-state index contributed by atoms with van der Waals surface area (Å²) in [6.45, 7) is 6.96. The van der Waals surface area contributed by atoms with Gasteiger partial charge in [-0.15, -0.1) is 0 Å². The molecule has 0 aromatic heterocycles. The molecule has 0 saturated carbocycles. The van der Waals surface area contributed by atoms with Crippen LogP contribution in [-0.2, 0) is 9.59 Å². The number of piperazine rings is 1. The molecule has 16 heavy (non-hydrogen) atoms. The van der Waals surface area contributed by atoms with Gasteiger partial charge in [0.2, 0.25) is 11.8 Å². The second kappa shape index (κ2) is 5.84. The lowest BCUT2D eigenvalue weighted by atomic mass is 10.1. The number of carbonyl (C=O) groups is 2. The van der Waals surface area contributed by atoms with Crippen molar-refractivity contribution in [2.45, 2.75) is 13.8 Å². The smallest absolute Gasteiger partial charge is 0.241 e. The summed E-state index contributed by atoms with van der Waals surface area (Å²) in [5.74, 6) is 0.0359. The van der Waals surface area contributed by atoms with Gasteiger partial charge in [-0.3, -0.25) is 9.59 Å². The van der Waals surface area contributed by atoms with Crippen LogP contribution >= 0.6 is 0 Å². The van der Waals surface area contributed by atoms with Crippen LogP contribution in [0.15, 0.2) is 0 Å². The van der Waals surface area contributed by atoms with Gasteiger partial charge >= 0.3 is 0 Å². The summed E-state index contributed by atoms with van der Waals surface area (Å²) >= 11 is 0. The van der Waals surface area contributed by atoms with E-state index >= 15 is 0 Å². The van der Waals surface area contributed by atoms with E-state index in [1.54, 1.807) is 16.8 Å². The number of carbonyl (C=O) groups excluding carboxylic acids is 2. The van der Waals surface area contributed by atoms with Crippen LogP contribution in [0.4, 0.5) is 0 Å². The highest BCUT2D eigenvalue weighted by Crippen LogP contribution is 2.06. The summed E-state index contributed by atoms with van der Waals surface area (Å²) in [5, 5.41) is 3.15. The van der Waals surface area contributed by atoms with Gasteiger partial charge in [-0.1, -0.05) is 13.8 Å². The van der Waals surface area contributed by atoms with Crippen molar-refractivity contribution in [2.24, 2.45) is 5.92 Å². The summed E-state index contributed by atoms with van der Waals surface area (Å²) in [5.41, 5.74) is 0. The molecule has 0 aromatic carbocycles. The molecular weight excluding hydrogens is 206 g/mol. The van der Waals surface area contributed by atoms with Gasteiger partial charge in [0.1, 0.15) is 0 Å². The Bertz CT molecular complexity index is 268. The Labute approximate surface area is 96.8 Å². The molecule has 1 heterocycles. The van der Waals surface area contributed by atoms with Crippen LogP contribution in [0, 0.1) is 5.92 Å². The summed E-state index contributed by atoms with van der Waals surface area (Å²) < 4.78 is 0. The number of amides is 2. The SMILES string of the molecule is CCNCC(C)C(=O)N1CCN(C)C(=O)C1. The molecule has 2 amide bonds. The first-order valence-corrected chi connectivity index (χ1v) is 5.79. The van der Waals surface area contributed by atoms with Crippen molar-refractivity contribution in [3.8, 4) is 0 Å². The minimum Gasteiger partial charge on any atom is -0.342 e. The van der Waals surface area contributed by atoms with Crippen molar-refractivity contribution < 1.29 is 9.59 Å². The fourth-order valence-corrected chi connectivity index (χ4v) is 1.71. The molecule has 0 bridgehead atoms. The van der Waals surface area contributed by atoms with Crippen LogP contribution in [0.1, 0.15) is 13.8 Å². The predicted molar refractivity (Wildman–Crippen MR) is 61.9 cm³/mol. The average Bonchev–Trinajstić information content (AvgIpc) is 2.28. The predicted octanol–water partition coefficient (Wildman–Crippen LogP) is -0.467. The van der Waals surface area contributed by atoms with E-state index in [-0.39, 0.29) is 24.3 Å². The van der Waals surface area contributed by atoms with Crippen molar-refractivity contribution in [1.82, 2.24) is 15.1 Å². The Morgan fingerprint density at radius 3 is 2.75 bits per heavy atom. The lowest BCUT2D eigenvalue weighted by Gasteiger charge is -2.33. The van der Waals surface area contributed by atoms with Crippen molar-refractivity contribution >= 4 is 11.8 Å². The van der Waals surface area contributed by atoms with Crippen LogP contribution in [0.3, 0.4) is 0 Å². The highest BCUT2D eigenvalue weighted by molar-refractivity contribution is 5.86. The normalized spacial score (nSPS) is 18.8. The van der Waals surface area contributed by atoms with Crippen LogP contribution < -0.4 is 5.32 Å². The quantitative estimate of drug-likeness (QED) is 0.706. The molecule has 0 spiro atoms. The number of hydrogen-bond donors (Lipinski definition) is 1. The molecule has 1 fully saturated rings. The van der Waals surface area contributed by atoms with Crippen molar-refractivity contribution in [3.05, 3.63) is 0 Å². The molecule has 0 aromatic rings. The van der Waals surface area contributed by atoms with E-state index in [0.29, 0.717) is 19.6 Å². The van der Waals surface area contributed by atoms with Crippen LogP contribution in [0.25, 0.3) is 0 Å². The fraction of sp³-hybridized carbons (Fsp3) is 0.818. The van der Waals surface area contributed by atoms with Gasteiger partial charge in [-0.25, -0.2) is 0 Å². The van der Waals surface area contributed by atoms with E-state index in [9.17, 15) is 9.59 Å². The van der Waals surface area contributed by atoms with E-state index in [4.69, 9.17) is 0 Å². The maximum absolute atomic E-state index is 12.0. The highest BCUT2D eigenvalue weighted by atomic mass is 16.2. The summed E-state index contributed by atoms with van der Waals surface area (Å²) in [7, 11) is 1.77. The number of likely N-dealkylation sites (N-methyl/N-ethyl adjacent to an activating group) is 1. The van der Waals surface area contributed by atoms with Crippen molar-refractivity contribution in [2.75, 3.05) is 39.8 Å². The van der Waals surface area contributed by atoms with E-state index in [1.165, 1.54) is 0 Å². The largest absolute Gasteiger partial charge is 0.342 e. The first-order chi connectivity index (χ1) is 7.56. The average molecular weight is 227 g/mol. The Kier molecular flexibility index (Phi) is 4.73. The minimum atomic E-state index is -0.0591. The molecule has 1 atom stereocenters. The van der Waals surface area contributed by atoms with E-state index in [1.807, 2.05) is 13.8 Å². The zero-order valence-corrected chi connectivity index (χ0v) is 10.3. The zero-order chi connectivity index (χ0) is 12.1. The maximum atomic E-state index is 12.0. The monoisotopic (exact) mass is 227 g/mol. The van der Waals surface area contributed by atoms with Gasteiger partial charge in [-0.05, 0) is 6.54 Å². The molecule has 1 saturated heterocycles. The zero-order valence-electron chi connectivity index (χ0n) is 10.3. The number of nitrogens with zero attached hydrogens (tertiary/aromatic N) is 2. The van der Waals surface area contributed by atoms with Crippen molar-refractivity contribution in [3.63, 3.8) is 0 Å². The Hall–Kier alpha value is -1.10. The third-order valence-corrected chi connectivity index (χ3v) is 2.89. The Balaban J connectivity index is 2.45. The lowest BCUT2D eigenvalue weighted by molar-refractivity contribution is -0.146. The minimum absolute atomic E-state index is 0.0234. The molecule has 1 N–H and O–H groups in total. The number of hydrogen-bond acceptors (Lipinski definition) is 3. The molecule has 5 nitrogen and oxygen atoms in total. The molecule has 1 unspecified atom stereocenters. The van der Waals surface area contributed by atoms with Gasteiger partial charge in [0.15, 0.2) is 0 Å². The topological polar surface area (TPSA) is 52.7 Å². The number of nitrogens with one attached hydrogen (secondary N) is 1. The molecule has 1 aliphatic heterocycles. The number of rotatable bonds is 4. The molecule has 1 aliphatic rings. The first-order valence-electron chi connectivity index (χ1n) is 5.79. The van der Waals surface area contributed by atoms with Crippen LogP contribution in [0.2, 0.25) is 0 Å². The summed E-state index contributed by atoms with van der Waals surface area (Å²) in [6.07, 6.45) is 0. The second-order valence-corrected chi connectivity index (χ2v) is 4.28. The molecular formula is C11H21N3O2. The Morgan fingerprint density at radius 1 is 1.50 bits per heavy atom. The first kappa shape index (κ1) is 13.0. The third-order valence-electron chi connectivity index (χ3n) is 2.89. The maximum Gasteiger partial charge on any atom is 0.241 e. The van der Waals surface area contributed by atoms with Crippen LogP contribution in [0.5, 0.6) is 0 Å². The van der Waals surface area contributed by atoms with E-state index in [2.05, 4.69) is 5.32 Å². The third kappa shape index (κ3) is 3.20. The second-order valence-electron chi connectivity index (χ2n) is 4.28. The van der Waals surface area contributed by atoms with Crippen molar-refractivity contribution in [1.29, 1.82) is 0 Å². The summed E-state index contributed by atoms with van der Waals surface area (Å²) in [6, 6.07) is 0. The van der Waals surface area contributed by atoms with Gasteiger partial charge < -0.3 is 15.1 Å². The van der Waals surface area contributed by atoms with E-state index < -0.39 is 0 Å². The molecule has 0 aliphatic carbocycles. The van der Waals surface area contributed by atoms with Gasteiger partial charge in [0, 0.05) is 32.6 Å². The van der Waals surface area contributed by atoms with Gasteiger partial charge in [0.25, 0.3) is 0 Å². The highest BCUT2D eigenvalue weighted by Gasteiger charge is 2.27. The standard InChI is InChI=1S/C11H21N3O2/c1-4-12-7-9(2)11(16)14-6-5-13(3)10(15)8-14/h9,12H,4-8H2,1-3H3. The molecule has 5 heteroatoms. The lowest BCUT2D eigenvalue weighted by Crippen LogP contribution is -2.52. The fourth-order valence-electron chi connectivity index (χ4n) is 1.71. The van der Waals surface area contributed by atoms with Gasteiger partial charge in [0.05, 0.1) is 6.54 Å². The summed E-state index contributed by atoms with van der Waals surface area (Å²) in [4.78, 5) is 26.8. The molecule has 0 radical (unpaired) electrons. The molecule has 92 valence electrons. The molecule has 1 rings (SSSR count). The van der Waals surface area contributed by atoms with E-state index in [0.717, 1.165) is 6.54 Å². The Morgan fingerprint density at radius 2 is 2.19 bits per heavy atom. The van der Waals surface area contributed by atoms with Crippen LogP contribution in [-0.4, -0.2) is 61.4 Å². The van der Waals surface area contributed by atoms with Gasteiger partial charge in [-0.2, -0.15) is 0 Å².